The van der Waals surface area contributed by atoms with Crippen LogP contribution in [0.2, 0.25) is 0 Å². The van der Waals surface area contributed by atoms with Crippen LogP contribution in [0.3, 0.4) is 0 Å². The monoisotopic (exact) mass is 292 g/mol. The standard InChI is InChI=1S/C15H20N2O4/c1-3-10-4-6-12(9(10)2)16-13-7-5-11(15(18)19)8-14(13)17(20)21/h5,7-10,12,16H,3-4,6H2,1-2H3,(H,18,19). The van der Waals surface area contributed by atoms with Gasteiger partial charge in [0.15, 0.2) is 0 Å². The van der Waals surface area contributed by atoms with Gasteiger partial charge in [-0.15, -0.1) is 0 Å². The van der Waals surface area contributed by atoms with Gasteiger partial charge in [0.05, 0.1) is 10.5 Å². The zero-order chi connectivity index (χ0) is 15.6. The summed E-state index contributed by atoms with van der Waals surface area (Å²) in [5, 5.41) is 23.3. The van der Waals surface area contributed by atoms with Gasteiger partial charge in [0.25, 0.3) is 5.69 Å². The third-order valence-corrected chi connectivity index (χ3v) is 4.53. The van der Waals surface area contributed by atoms with E-state index in [0.29, 0.717) is 17.5 Å². The SMILES string of the molecule is CCC1CCC(Nc2ccc(C(=O)O)cc2[N+](=O)[O-])C1C. The quantitative estimate of drug-likeness (QED) is 0.639. The van der Waals surface area contributed by atoms with Gasteiger partial charge in [0.1, 0.15) is 5.69 Å². The van der Waals surface area contributed by atoms with Gasteiger partial charge in [-0.25, -0.2) is 4.79 Å². The fourth-order valence-electron chi connectivity index (χ4n) is 3.16. The van der Waals surface area contributed by atoms with E-state index in [1.54, 1.807) is 0 Å². The van der Waals surface area contributed by atoms with Gasteiger partial charge in [-0.05, 0) is 36.8 Å². The Morgan fingerprint density at radius 2 is 2.19 bits per heavy atom. The first-order valence-corrected chi connectivity index (χ1v) is 7.22. The van der Waals surface area contributed by atoms with Gasteiger partial charge in [0.2, 0.25) is 0 Å². The van der Waals surface area contributed by atoms with Crippen molar-refractivity contribution in [3.63, 3.8) is 0 Å². The summed E-state index contributed by atoms with van der Waals surface area (Å²) in [4.78, 5) is 21.5. The molecule has 0 radical (unpaired) electrons. The molecule has 1 aliphatic carbocycles. The molecule has 3 atom stereocenters. The second-order valence-electron chi connectivity index (χ2n) is 5.65. The molecule has 2 N–H and O–H groups in total. The van der Waals surface area contributed by atoms with Crippen LogP contribution < -0.4 is 5.32 Å². The molecule has 0 bridgehead atoms. The van der Waals surface area contributed by atoms with Crippen molar-refractivity contribution >= 4 is 17.3 Å². The number of benzene rings is 1. The van der Waals surface area contributed by atoms with E-state index in [0.717, 1.165) is 25.3 Å². The van der Waals surface area contributed by atoms with Crippen molar-refractivity contribution in [3.05, 3.63) is 33.9 Å². The molecule has 6 nitrogen and oxygen atoms in total. The van der Waals surface area contributed by atoms with E-state index in [4.69, 9.17) is 5.11 Å². The molecular weight excluding hydrogens is 272 g/mol. The molecule has 1 fully saturated rings. The molecule has 1 aromatic carbocycles. The fraction of sp³-hybridized carbons (Fsp3) is 0.533. The number of carbonyl (C=O) groups is 1. The van der Waals surface area contributed by atoms with Crippen molar-refractivity contribution < 1.29 is 14.8 Å². The third-order valence-electron chi connectivity index (χ3n) is 4.53. The number of anilines is 1. The largest absolute Gasteiger partial charge is 0.478 e. The number of nitrogens with zero attached hydrogens (tertiary/aromatic N) is 1. The molecule has 1 saturated carbocycles. The van der Waals surface area contributed by atoms with Crippen molar-refractivity contribution in [2.45, 2.75) is 39.2 Å². The van der Waals surface area contributed by atoms with Gasteiger partial charge >= 0.3 is 5.97 Å². The van der Waals surface area contributed by atoms with E-state index in [1.165, 1.54) is 12.1 Å². The van der Waals surface area contributed by atoms with Crippen molar-refractivity contribution in [1.82, 2.24) is 0 Å². The highest BCUT2D eigenvalue weighted by molar-refractivity contribution is 5.89. The maximum absolute atomic E-state index is 11.1. The van der Waals surface area contributed by atoms with Gasteiger partial charge in [-0.2, -0.15) is 0 Å². The number of rotatable bonds is 5. The van der Waals surface area contributed by atoms with Crippen LogP contribution in [0.25, 0.3) is 0 Å². The summed E-state index contributed by atoms with van der Waals surface area (Å²) in [5.41, 5.74) is 0.152. The Morgan fingerprint density at radius 1 is 1.48 bits per heavy atom. The minimum atomic E-state index is -1.16. The maximum atomic E-state index is 11.1. The lowest BCUT2D eigenvalue weighted by molar-refractivity contribution is -0.384. The van der Waals surface area contributed by atoms with Crippen molar-refractivity contribution in [1.29, 1.82) is 0 Å². The molecule has 1 aromatic rings. The number of nitrogens with one attached hydrogen (secondary N) is 1. The average Bonchev–Trinajstić information content (AvgIpc) is 2.79. The molecule has 0 spiro atoms. The second-order valence-corrected chi connectivity index (χ2v) is 5.65. The number of nitro benzene ring substituents is 1. The second kappa shape index (κ2) is 6.11. The Balaban J connectivity index is 2.24. The molecule has 3 unspecified atom stereocenters. The fourth-order valence-corrected chi connectivity index (χ4v) is 3.16. The van der Waals surface area contributed by atoms with Crippen LogP contribution in [0.4, 0.5) is 11.4 Å². The highest BCUT2D eigenvalue weighted by Gasteiger charge is 2.32. The summed E-state index contributed by atoms with van der Waals surface area (Å²) in [6.07, 6.45) is 3.22. The third kappa shape index (κ3) is 3.15. The minimum absolute atomic E-state index is 0.0712. The predicted octanol–water partition coefficient (Wildman–Crippen LogP) is 3.53. The molecule has 0 heterocycles. The number of aromatic carboxylic acids is 1. The normalized spacial score (nSPS) is 24.8. The zero-order valence-electron chi connectivity index (χ0n) is 12.2. The Kier molecular flexibility index (Phi) is 4.45. The molecule has 1 aliphatic rings. The van der Waals surface area contributed by atoms with Crippen LogP contribution >= 0.6 is 0 Å². The van der Waals surface area contributed by atoms with Gasteiger partial charge < -0.3 is 10.4 Å². The number of carboxylic acid groups (broad SMARTS) is 1. The molecule has 0 saturated heterocycles. The van der Waals surface area contributed by atoms with E-state index < -0.39 is 10.9 Å². The molecule has 6 heteroatoms. The lowest BCUT2D eigenvalue weighted by Crippen LogP contribution is -2.25. The number of nitro groups is 1. The Hall–Kier alpha value is -2.11. The lowest BCUT2D eigenvalue weighted by Gasteiger charge is -2.22. The molecule has 21 heavy (non-hydrogen) atoms. The van der Waals surface area contributed by atoms with Crippen LogP contribution in [-0.2, 0) is 0 Å². The first kappa shape index (κ1) is 15.3. The molecule has 2 rings (SSSR count). The van der Waals surface area contributed by atoms with Gasteiger partial charge in [-0.1, -0.05) is 20.3 Å². The minimum Gasteiger partial charge on any atom is -0.478 e. The molecule has 0 amide bonds. The summed E-state index contributed by atoms with van der Waals surface area (Å²) < 4.78 is 0. The van der Waals surface area contributed by atoms with Crippen LogP contribution in [0, 0.1) is 22.0 Å². The van der Waals surface area contributed by atoms with Crippen molar-refractivity contribution in [2.75, 3.05) is 5.32 Å². The first-order chi connectivity index (χ1) is 9.93. The van der Waals surface area contributed by atoms with Gasteiger partial charge in [0, 0.05) is 12.1 Å². The first-order valence-electron chi connectivity index (χ1n) is 7.22. The van der Waals surface area contributed by atoms with Crippen LogP contribution in [0.5, 0.6) is 0 Å². The molecule has 0 aliphatic heterocycles. The summed E-state index contributed by atoms with van der Waals surface area (Å²) >= 11 is 0. The molecular formula is C15H20N2O4. The van der Waals surface area contributed by atoms with Crippen LogP contribution in [0.15, 0.2) is 18.2 Å². The Morgan fingerprint density at radius 3 is 2.71 bits per heavy atom. The van der Waals surface area contributed by atoms with E-state index in [9.17, 15) is 14.9 Å². The topological polar surface area (TPSA) is 92.5 Å². The highest BCUT2D eigenvalue weighted by Crippen LogP contribution is 2.37. The zero-order valence-corrected chi connectivity index (χ0v) is 12.2. The average molecular weight is 292 g/mol. The van der Waals surface area contributed by atoms with E-state index in [-0.39, 0.29) is 17.3 Å². The lowest BCUT2D eigenvalue weighted by atomic mass is 9.93. The number of hydrogen-bond donors (Lipinski definition) is 2. The molecule has 0 aromatic heterocycles. The van der Waals surface area contributed by atoms with E-state index >= 15 is 0 Å². The summed E-state index contributed by atoms with van der Waals surface area (Å²) in [7, 11) is 0. The van der Waals surface area contributed by atoms with Crippen LogP contribution in [0.1, 0.15) is 43.5 Å². The number of carboxylic acids is 1. The Labute approximate surface area is 123 Å². The van der Waals surface area contributed by atoms with E-state index in [1.807, 2.05) is 0 Å². The van der Waals surface area contributed by atoms with E-state index in [2.05, 4.69) is 19.2 Å². The number of hydrogen-bond acceptors (Lipinski definition) is 4. The van der Waals surface area contributed by atoms with Gasteiger partial charge in [-0.3, -0.25) is 10.1 Å². The summed E-state index contributed by atoms with van der Waals surface area (Å²) in [5.74, 6) is -0.0708. The highest BCUT2D eigenvalue weighted by atomic mass is 16.6. The summed E-state index contributed by atoms with van der Waals surface area (Å²) in [6, 6.07) is 4.20. The van der Waals surface area contributed by atoms with Crippen molar-refractivity contribution in [3.8, 4) is 0 Å². The maximum Gasteiger partial charge on any atom is 0.335 e. The predicted molar refractivity (Wildman–Crippen MR) is 79.6 cm³/mol. The molecule has 114 valence electrons. The van der Waals surface area contributed by atoms with Crippen molar-refractivity contribution in [2.24, 2.45) is 11.8 Å². The smallest absolute Gasteiger partial charge is 0.335 e. The van der Waals surface area contributed by atoms with Crippen LogP contribution in [-0.4, -0.2) is 22.0 Å². The Bertz CT molecular complexity index is 559. The summed E-state index contributed by atoms with van der Waals surface area (Å²) in [6.45, 7) is 4.32.